The van der Waals surface area contributed by atoms with E-state index in [-0.39, 0.29) is 11.9 Å². The predicted octanol–water partition coefficient (Wildman–Crippen LogP) is 3.14. The van der Waals surface area contributed by atoms with Crippen molar-refractivity contribution in [3.63, 3.8) is 0 Å². The fourth-order valence-electron chi connectivity index (χ4n) is 3.13. The summed E-state index contributed by atoms with van der Waals surface area (Å²) in [4.78, 5) is 23.8. The second-order valence-corrected chi connectivity index (χ2v) is 6.73. The van der Waals surface area contributed by atoms with E-state index in [2.05, 4.69) is 15.3 Å². The van der Waals surface area contributed by atoms with Gasteiger partial charge in [-0.15, -0.1) is 0 Å². The molecule has 6 heteroatoms. The molecule has 3 rings (SSSR count). The monoisotopic (exact) mass is 354 g/mol. The zero-order valence-corrected chi connectivity index (χ0v) is 15.7. The van der Waals surface area contributed by atoms with Crippen molar-refractivity contribution in [2.45, 2.75) is 38.6 Å². The minimum absolute atomic E-state index is 0.0679. The summed E-state index contributed by atoms with van der Waals surface area (Å²) >= 11 is 0. The van der Waals surface area contributed by atoms with Gasteiger partial charge in [0.2, 0.25) is 5.95 Å². The highest BCUT2D eigenvalue weighted by Gasteiger charge is 2.25. The molecule has 0 bridgehead atoms. The summed E-state index contributed by atoms with van der Waals surface area (Å²) in [6.07, 6.45) is 5.55. The van der Waals surface area contributed by atoms with Crippen molar-refractivity contribution in [1.82, 2.24) is 15.3 Å². The number of rotatable bonds is 6. The Bertz CT molecular complexity index is 776. The highest BCUT2D eigenvalue weighted by molar-refractivity contribution is 5.97. The number of aromatic nitrogens is 2. The third-order valence-electron chi connectivity index (χ3n) is 4.47. The number of nitrogens with one attached hydrogen (secondary N) is 1. The summed E-state index contributed by atoms with van der Waals surface area (Å²) in [5.74, 6) is 1.21. The van der Waals surface area contributed by atoms with E-state index in [0.717, 1.165) is 36.9 Å². The van der Waals surface area contributed by atoms with E-state index < -0.39 is 0 Å². The molecule has 1 aliphatic rings. The molecular weight excluding hydrogens is 328 g/mol. The van der Waals surface area contributed by atoms with Crippen molar-refractivity contribution in [2.75, 3.05) is 25.6 Å². The summed E-state index contributed by atoms with van der Waals surface area (Å²) in [6, 6.07) is 7.31. The summed E-state index contributed by atoms with van der Waals surface area (Å²) in [6.45, 7) is 2.64. The van der Waals surface area contributed by atoms with Gasteiger partial charge in [0, 0.05) is 25.9 Å². The molecule has 1 N–H and O–H groups in total. The predicted molar refractivity (Wildman–Crippen MR) is 102 cm³/mol. The lowest BCUT2D eigenvalue weighted by atomic mass is 9.92. The van der Waals surface area contributed by atoms with Crippen LogP contribution < -0.4 is 15.0 Å². The van der Waals surface area contributed by atoms with Crippen molar-refractivity contribution in [2.24, 2.45) is 0 Å². The summed E-state index contributed by atoms with van der Waals surface area (Å²) in [7, 11) is 3.86. The normalized spacial score (nSPS) is 15.9. The average Bonchev–Trinajstić information content (AvgIpc) is 2.66. The van der Waals surface area contributed by atoms with E-state index in [0.29, 0.717) is 23.9 Å². The van der Waals surface area contributed by atoms with E-state index in [1.165, 1.54) is 0 Å². The summed E-state index contributed by atoms with van der Waals surface area (Å²) in [5, 5.41) is 3.14. The van der Waals surface area contributed by atoms with Crippen LogP contribution in [0.25, 0.3) is 0 Å². The number of carbonyl (C=O) groups is 1. The largest absolute Gasteiger partial charge is 0.493 e. The number of para-hydroxylation sites is 1. The molecule has 1 atom stereocenters. The molecule has 0 aliphatic heterocycles. The average molecular weight is 354 g/mol. The van der Waals surface area contributed by atoms with Gasteiger partial charge in [-0.25, -0.2) is 9.97 Å². The smallest absolute Gasteiger partial charge is 0.255 e. The van der Waals surface area contributed by atoms with Crippen LogP contribution in [-0.2, 0) is 6.42 Å². The molecule has 0 radical (unpaired) electrons. The molecule has 2 aromatic rings. The molecule has 138 valence electrons. The van der Waals surface area contributed by atoms with E-state index in [1.807, 2.05) is 50.3 Å². The molecule has 1 unspecified atom stereocenters. The van der Waals surface area contributed by atoms with Crippen LogP contribution in [0.15, 0.2) is 30.5 Å². The Balaban J connectivity index is 1.79. The minimum atomic E-state index is -0.119. The Morgan fingerprint density at radius 2 is 2.15 bits per heavy atom. The van der Waals surface area contributed by atoms with Gasteiger partial charge in [0.05, 0.1) is 23.9 Å². The maximum Gasteiger partial charge on any atom is 0.255 e. The Hall–Kier alpha value is -2.63. The number of aryl methyl sites for hydroxylation is 1. The number of nitrogens with zero attached hydrogens (tertiary/aromatic N) is 3. The van der Waals surface area contributed by atoms with E-state index >= 15 is 0 Å². The second-order valence-electron chi connectivity index (χ2n) is 6.73. The van der Waals surface area contributed by atoms with Crippen LogP contribution in [0.5, 0.6) is 5.75 Å². The lowest BCUT2D eigenvalue weighted by molar-refractivity contribution is 0.0928. The first-order valence-electron chi connectivity index (χ1n) is 9.16. The summed E-state index contributed by atoms with van der Waals surface area (Å²) in [5.41, 5.74) is 2.61. The summed E-state index contributed by atoms with van der Waals surface area (Å²) < 4.78 is 5.72. The van der Waals surface area contributed by atoms with Gasteiger partial charge >= 0.3 is 0 Å². The minimum Gasteiger partial charge on any atom is -0.493 e. The molecule has 6 nitrogen and oxygen atoms in total. The van der Waals surface area contributed by atoms with Gasteiger partial charge in [0.1, 0.15) is 5.75 Å². The van der Waals surface area contributed by atoms with Crippen molar-refractivity contribution in [1.29, 1.82) is 0 Å². The third kappa shape index (κ3) is 3.95. The molecule has 1 amide bonds. The van der Waals surface area contributed by atoms with Gasteiger partial charge in [-0.2, -0.15) is 0 Å². The number of hydrogen-bond donors (Lipinski definition) is 1. The zero-order chi connectivity index (χ0) is 18.5. The number of hydrogen-bond acceptors (Lipinski definition) is 5. The number of fused-ring (bicyclic) bond motifs is 1. The van der Waals surface area contributed by atoms with Crippen molar-refractivity contribution >= 4 is 11.9 Å². The van der Waals surface area contributed by atoms with Crippen LogP contribution >= 0.6 is 0 Å². The third-order valence-corrected chi connectivity index (χ3v) is 4.47. The number of ether oxygens (including phenoxy) is 1. The second kappa shape index (κ2) is 8.17. The van der Waals surface area contributed by atoms with Crippen molar-refractivity contribution < 1.29 is 9.53 Å². The highest BCUT2D eigenvalue weighted by Crippen LogP contribution is 2.30. The van der Waals surface area contributed by atoms with Crippen LogP contribution in [0.1, 0.15) is 53.8 Å². The standard InChI is InChI=1S/C20H26N4O2/c1-4-12-26-18-11-6-5-8-14(18)19(25)22-16-9-7-10-17-15(16)13-21-20(23-17)24(2)3/h5-6,8,11,13,16H,4,7,9-10,12H2,1-3H3,(H,22,25). The first kappa shape index (κ1) is 18.2. The van der Waals surface area contributed by atoms with E-state index in [9.17, 15) is 4.79 Å². The lowest BCUT2D eigenvalue weighted by Crippen LogP contribution is -2.32. The van der Waals surface area contributed by atoms with Gasteiger partial charge in [-0.1, -0.05) is 19.1 Å². The van der Waals surface area contributed by atoms with Crippen LogP contribution in [0.3, 0.4) is 0 Å². The molecule has 0 spiro atoms. The van der Waals surface area contributed by atoms with Gasteiger partial charge in [-0.3, -0.25) is 4.79 Å². The van der Waals surface area contributed by atoms with Gasteiger partial charge in [-0.05, 0) is 37.8 Å². The molecule has 0 saturated heterocycles. The quantitative estimate of drug-likeness (QED) is 0.863. The van der Waals surface area contributed by atoms with Gasteiger partial charge in [0.15, 0.2) is 0 Å². The van der Waals surface area contributed by atoms with Crippen LogP contribution in [0.2, 0.25) is 0 Å². The molecule has 1 heterocycles. The molecule has 0 fully saturated rings. The lowest BCUT2D eigenvalue weighted by Gasteiger charge is -2.26. The van der Waals surface area contributed by atoms with Crippen molar-refractivity contribution in [3.05, 3.63) is 47.3 Å². The van der Waals surface area contributed by atoms with Gasteiger partial charge < -0.3 is 15.0 Å². The molecule has 26 heavy (non-hydrogen) atoms. The van der Waals surface area contributed by atoms with Crippen LogP contribution in [-0.4, -0.2) is 36.6 Å². The number of carbonyl (C=O) groups excluding carboxylic acids is 1. The molecule has 1 aliphatic carbocycles. The maximum atomic E-state index is 12.8. The zero-order valence-electron chi connectivity index (χ0n) is 15.7. The Morgan fingerprint density at radius 3 is 2.92 bits per heavy atom. The fraction of sp³-hybridized carbons (Fsp3) is 0.450. The highest BCUT2D eigenvalue weighted by atomic mass is 16.5. The number of amides is 1. The maximum absolute atomic E-state index is 12.8. The molecule has 1 aromatic carbocycles. The van der Waals surface area contributed by atoms with E-state index in [1.54, 1.807) is 6.07 Å². The first-order valence-corrected chi connectivity index (χ1v) is 9.16. The van der Waals surface area contributed by atoms with Gasteiger partial charge in [0.25, 0.3) is 5.91 Å². The Morgan fingerprint density at radius 1 is 1.35 bits per heavy atom. The number of anilines is 1. The Labute approximate surface area is 154 Å². The van der Waals surface area contributed by atoms with Crippen LogP contribution in [0, 0.1) is 0 Å². The number of benzene rings is 1. The molecule has 0 saturated carbocycles. The van der Waals surface area contributed by atoms with Crippen molar-refractivity contribution in [3.8, 4) is 5.75 Å². The Kier molecular flexibility index (Phi) is 5.71. The first-order chi connectivity index (χ1) is 12.6. The van der Waals surface area contributed by atoms with Crippen LogP contribution in [0.4, 0.5) is 5.95 Å². The van der Waals surface area contributed by atoms with E-state index in [4.69, 9.17) is 4.74 Å². The molecular formula is C20H26N4O2. The topological polar surface area (TPSA) is 67.3 Å². The fourth-order valence-corrected chi connectivity index (χ4v) is 3.13. The molecule has 1 aromatic heterocycles. The SMILES string of the molecule is CCCOc1ccccc1C(=O)NC1CCCc2nc(N(C)C)ncc21.